The lowest BCUT2D eigenvalue weighted by molar-refractivity contribution is 0.140. The predicted molar refractivity (Wildman–Crippen MR) is 101 cm³/mol. The van der Waals surface area contributed by atoms with Gasteiger partial charge in [0.1, 0.15) is 6.61 Å². The van der Waals surface area contributed by atoms with E-state index in [1.54, 1.807) is 7.11 Å². The van der Waals surface area contributed by atoms with Gasteiger partial charge in [0.25, 0.3) is 0 Å². The molecular formula is C18H31N5O4. The topological polar surface area (TPSA) is 104 Å². The molecule has 2 N–H and O–H groups in total. The molecule has 27 heavy (non-hydrogen) atoms. The second-order valence-corrected chi connectivity index (χ2v) is 7.29. The standard InChI is InChI=1S/C18H31N5O4/c1-26-10-11-27-18-20-16(22-6-2-14(12-24)3-7-22)19-17(21-18)23-8-4-15(13-25)5-9-23/h14-15,24-25H,2-13H2,1H3. The van der Waals surface area contributed by atoms with Gasteiger partial charge in [-0.25, -0.2) is 0 Å². The summed E-state index contributed by atoms with van der Waals surface area (Å²) in [6, 6.07) is 0.320. The van der Waals surface area contributed by atoms with Crippen LogP contribution in [0.15, 0.2) is 0 Å². The minimum Gasteiger partial charge on any atom is -0.461 e. The molecule has 0 aromatic carbocycles. The number of methoxy groups -OCH3 is 1. The van der Waals surface area contributed by atoms with Crippen LogP contribution in [-0.4, -0.2) is 84.9 Å². The highest BCUT2D eigenvalue weighted by molar-refractivity contribution is 5.41. The SMILES string of the molecule is COCCOc1nc(N2CCC(CO)CC2)nc(N2CCC(CO)CC2)n1. The molecule has 0 spiro atoms. The van der Waals surface area contributed by atoms with E-state index < -0.39 is 0 Å². The van der Waals surface area contributed by atoms with E-state index in [0.29, 0.717) is 43.0 Å². The number of hydrogen-bond acceptors (Lipinski definition) is 9. The van der Waals surface area contributed by atoms with Gasteiger partial charge in [-0.3, -0.25) is 0 Å². The van der Waals surface area contributed by atoms with Gasteiger partial charge in [0.15, 0.2) is 0 Å². The van der Waals surface area contributed by atoms with E-state index in [1.165, 1.54) is 0 Å². The van der Waals surface area contributed by atoms with E-state index in [2.05, 4.69) is 19.8 Å². The Morgan fingerprint density at radius 3 is 1.70 bits per heavy atom. The summed E-state index contributed by atoms with van der Waals surface area (Å²) < 4.78 is 10.7. The monoisotopic (exact) mass is 381 g/mol. The van der Waals surface area contributed by atoms with Crippen LogP contribution in [0.2, 0.25) is 0 Å². The molecule has 0 bridgehead atoms. The molecule has 0 atom stereocenters. The molecule has 1 aromatic heterocycles. The number of nitrogens with zero attached hydrogens (tertiary/aromatic N) is 5. The Hall–Kier alpha value is -1.71. The number of aromatic nitrogens is 3. The van der Waals surface area contributed by atoms with Crippen LogP contribution in [0.25, 0.3) is 0 Å². The first-order valence-corrected chi connectivity index (χ1v) is 9.83. The molecule has 3 heterocycles. The van der Waals surface area contributed by atoms with Crippen LogP contribution in [0, 0.1) is 11.8 Å². The van der Waals surface area contributed by atoms with Crippen LogP contribution in [0.5, 0.6) is 6.01 Å². The fourth-order valence-electron chi connectivity index (χ4n) is 3.53. The maximum absolute atomic E-state index is 9.35. The summed E-state index contributed by atoms with van der Waals surface area (Å²) in [5, 5.41) is 18.7. The van der Waals surface area contributed by atoms with Gasteiger partial charge in [0.2, 0.25) is 11.9 Å². The van der Waals surface area contributed by atoms with Gasteiger partial charge in [-0.2, -0.15) is 15.0 Å². The molecule has 9 heteroatoms. The fourth-order valence-corrected chi connectivity index (χ4v) is 3.53. The Morgan fingerprint density at radius 1 is 0.815 bits per heavy atom. The maximum atomic E-state index is 9.35. The third-order valence-electron chi connectivity index (χ3n) is 5.42. The Labute approximate surface area is 160 Å². The van der Waals surface area contributed by atoms with Crippen molar-refractivity contribution in [1.29, 1.82) is 0 Å². The highest BCUT2D eigenvalue weighted by Gasteiger charge is 2.25. The predicted octanol–water partition coefficient (Wildman–Crippen LogP) is 0.314. The van der Waals surface area contributed by atoms with Crippen LogP contribution in [0.1, 0.15) is 25.7 Å². The van der Waals surface area contributed by atoms with Gasteiger partial charge in [0.05, 0.1) is 6.61 Å². The van der Waals surface area contributed by atoms with Crippen molar-refractivity contribution in [3.05, 3.63) is 0 Å². The van der Waals surface area contributed by atoms with E-state index in [-0.39, 0.29) is 13.2 Å². The molecule has 0 radical (unpaired) electrons. The van der Waals surface area contributed by atoms with Gasteiger partial charge < -0.3 is 29.5 Å². The van der Waals surface area contributed by atoms with Crippen LogP contribution >= 0.6 is 0 Å². The number of piperidine rings is 2. The average molecular weight is 381 g/mol. The summed E-state index contributed by atoms with van der Waals surface area (Å²) in [5.41, 5.74) is 0. The summed E-state index contributed by atoms with van der Waals surface area (Å²) in [6.07, 6.45) is 3.72. The lowest BCUT2D eigenvalue weighted by atomic mass is 9.98. The highest BCUT2D eigenvalue weighted by atomic mass is 16.5. The van der Waals surface area contributed by atoms with Crippen molar-refractivity contribution in [3.8, 4) is 6.01 Å². The summed E-state index contributed by atoms with van der Waals surface area (Å²) in [6.45, 7) is 4.61. The van der Waals surface area contributed by atoms with Gasteiger partial charge >= 0.3 is 6.01 Å². The maximum Gasteiger partial charge on any atom is 0.323 e. The first-order chi connectivity index (χ1) is 13.2. The molecular weight excluding hydrogens is 350 g/mol. The average Bonchev–Trinajstić information content (AvgIpc) is 2.74. The second kappa shape index (κ2) is 10.0. The third kappa shape index (κ3) is 5.40. The quantitative estimate of drug-likeness (QED) is 0.616. The van der Waals surface area contributed by atoms with Gasteiger partial charge in [0, 0.05) is 46.5 Å². The molecule has 0 amide bonds. The number of aliphatic hydroxyl groups excluding tert-OH is 2. The van der Waals surface area contributed by atoms with Crippen molar-refractivity contribution < 1.29 is 19.7 Å². The van der Waals surface area contributed by atoms with Gasteiger partial charge in [-0.05, 0) is 37.5 Å². The Kier molecular flexibility index (Phi) is 7.42. The lowest BCUT2D eigenvalue weighted by Crippen LogP contribution is -2.38. The smallest absolute Gasteiger partial charge is 0.323 e. The fraction of sp³-hybridized carbons (Fsp3) is 0.833. The zero-order valence-corrected chi connectivity index (χ0v) is 16.1. The molecule has 2 aliphatic rings. The largest absolute Gasteiger partial charge is 0.461 e. The normalized spacial score (nSPS) is 19.5. The first kappa shape index (κ1) is 20.0. The van der Waals surface area contributed by atoms with Gasteiger partial charge in [-0.15, -0.1) is 0 Å². The van der Waals surface area contributed by atoms with Gasteiger partial charge in [-0.1, -0.05) is 0 Å². The Morgan fingerprint density at radius 2 is 1.30 bits per heavy atom. The summed E-state index contributed by atoms with van der Waals surface area (Å²) >= 11 is 0. The molecule has 0 saturated carbocycles. The number of aliphatic hydroxyl groups is 2. The minimum atomic E-state index is 0.238. The van der Waals surface area contributed by atoms with Crippen LogP contribution in [0.3, 0.4) is 0 Å². The summed E-state index contributed by atoms with van der Waals surface area (Å²) in [5.74, 6) is 1.98. The van der Waals surface area contributed by atoms with E-state index in [1.807, 2.05) is 0 Å². The van der Waals surface area contributed by atoms with Crippen LogP contribution in [-0.2, 0) is 4.74 Å². The zero-order valence-electron chi connectivity index (χ0n) is 16.1. The van der Waals surface area contributed by atoms with Crippen LogP contribution in [0.4, 0.5) is 11.9 Å². The number of rotatable bonds is 8. The molecule has 9 nitrogen and oxygen atoms in total. The van der Waals surface area contributed by atoms with Crippen molar-refractivity contribution in [2.24, 2.45) is 11.8 Å². The van der Waals surface area contributed by atoms with Crippen LogP contribution < -0.4 is 14.5 Å². The zero-order chi connectivity index (χ0) is 19.1. The minimum absolute atomic E-state index is 0.238. The molecule has 3 rings (SSSR count). The molecule has 1 aromatic rings. The van der Waals surface area contributed by atoms with Crippen molar-refractivity contribution in [3.63, 3.8) is 0 Å². The third-order valence-corrected chi connectivity index (χ3v) is 5.42. The van der Waals surface area contributed by atoms with E-state index >= 15 is 0 Å². The number of hydrogen-bond donors (Lipinski definition) is 2. The molecule has 152 valence electrons. The van der Waals surface area contributed by atoms with Crippen molar-refractivity contribution >= 4 is 11.9 Å². The Balaban J connectivity index is 1.74. The molecule has 0 aliphatic carbocycles. The second-order valence-electron chi connectivity index (χ2n) is 7.29. The first-order valence-electron chi connectivity index (χ1n) is 9.83. The van der Waals surface area contributed by atoms with Crippen molar-refractivity contribution in [2.45, 2.75) is 25.7 Å². The highest BCUT2D eigenvalue weighted by Crippen LogP contribution is 2.26. The number of ether oxygens (including phenoxy) is 2. The molecule has 0 unspecified atom stereocenters. The Bertz CT molecular complexity index is 533. The molecule has 2 fully saturated rings. The molecule has 2 saturated heterocycles. The van der Waals surface area contributed by atoms with Crippen molar-refractivity contribution in [2.75, 3.05) is 69.5 Å². The summed E-state index contributed by atoms with van der Waals surface area (Å²) in [7, 11) is 1.63. The van der Waals surface area contributed by atoms with E-state index in [0.717, 1.165) is 51.9 Å². The summed E-state index contributed by atoms with van der Waals surface area (Å²) in [4.78, 5) is 18.0. The lowest BCUT2D eigenvalue weighted by Gasteiger charge is -2.33. The van der Waals surface area contributed by atoms with E-state index in [4.69, 9.17) is 14.5 Å². The van der Waals surface area contributed by atoms with E-state index in [9.17, 15) is 10.2 Å². The van der Waals surface area contributed by atoms with Crippen molar-refractivity contribution in [1.82, 2.24) is 15.0 Å². The number of anilines is 2. The molecule has 2 aliphatic heterocycles.